The van der Waals surface area contributed by atoms with Crippen LogP contribution in [0.2, 0.25) is 0 Å². The van der Waals surface area contributed by atoms with Crippen LogP contribution in [-0.4, -0.2) is 43.4 Å². The zero-order valence-electron chi connectivity index (χ0n) is 13.2. The van der Waals surface area contributed by atoms with E-state index in [1.807, 2.05) is 25.1 Å². The van der Waals surface area contributed by atoms with Gasteiger partial charge in [0.2, 0.25) is 11.8 Å². The average molecular weight is 304 g/mol. The Bertz CT molecular complexity index is 551. The summed E-state index contributed by atoms with van der Waals surface area (Å²) in [6, 6.07) is 5.43. The predicted octanol–water partition coefficient (Wildman–Crippen LogP) is 0.928. The second-order valence-corrected chi connectivity index (χ2v) is 6.02. The molecule has 4 N–H and O–H groups in total. The first-order chi connectivity index (χ1) is 10.5. The lowest BCUT2D eigenvalue weighted by molar-refractivity contribution is -0.116. The van der Waals surface area contributed by atoms with Crippen LogP contribution in [0, 0.1) is 0 Å². The highest BCUT2D eigenvalue weighted by molar-refractivity contribution is 5.97. The lowest BCUT2D eigenvalue weighted by Gasteiger charge is -2.17. The molecular weight excluding hydrogens is 280 g/mol. The molecule has 0 aliphatic carbocycles. The summed E-state index contributed by atoms with van der Waals surface area (Å²) in [6.07, 6.45) is 2.59. The summed E-state index contributed by atoms with van der Waals surface area (Å²) in [4.78, 5) is 25.6. The second kappa shape index (κ2) is 7.38. The van der Waals surface area contributed by atoms with Crippen molar-refractivity contribution < 1.29 is 9.59 Å². The average Bonchev–Trinajstić information content (AvgIpc) is 2.92. The van der Waals surface area contributed by atoms with E-state index in [1.54, 1.807) is 12.1 Å². The fourth-order valence-corrected chi connectivity index (χ4v) is 2.68. The molecule has 1 unspecified atom stereocenters. The minimum atomic E-state index is -0.496. The molecule has 0 saturated carbocycles. The Labute approximate surface area is 131 Å². The van der Waals surface area contributed by atoms with Crippen molar-refractivity contribution in [2.24, 2.45) is 5.73 Å². The third kappa shape index (κ3) is 4.54. The van der Waals surface area contributed by atoms with Gasteiger partial charge in [0.1, 0.15) is 0 Å². The Balaban J connectivity index is 2.12. The molecule has 120 valence electrons. The topological polar surface area (TPSA) is 87.5 Å². The smallest absolute Gasteiger partial charge is 0.248 e. The molecule has 1 atom stereocenters. The van der Waals surface area contributed by atoms with Crippen LogP contribution in [0.1, 0.15) is 35.2 Å². The number of hydrogen-bond donors (Lipinski definition) is 3. The SMILES string of the molecule is CN(C)Cc1ccc(C(N)=O)cc1NC(=O)CC1CCCN1. The molecule has 0 aromatic heterocycles. The van der Waals surface area contributed by atoms with Gasteiger partial charge < -0.3 is 21.3 Å². The molecule has 0 bridgehead atoms. The third-order valence-electron chi connectivity index (χ3n) is 3.75. The minimum absolute atomic E-state index is 0.0407. The summed E-state index contributed by atoms with van der Waals surface area (Å²) in [5, 5.41) is 6.23. The molecule has 1 aliphatic heterocycles. The standard InChI is InChI=1S/C16H24N4O2/c1-20(2)10-12-6-5-11(16(17)22)8-14(12)19-15(21)9-13-4-3-7-18-13/h5-6,8,13,18H,3-4,7,9-10H2,1-2H3,(H2,17,22)(H,19,21). The number of benzene rings is 1. The van der Waals surface area contributed by atoms with Gasteiger partial charge in [0, 0.05) is 30.3 Å². The summed E-state index contributed by atoms with van der Waals surface area (Å²) in [5.74, 6) is -0.537. The van der Waals surface area contributed by atoms with E-state index in [0.29, 0.717) is 24.2 Å². The van der Waals surface area contributed by atoms with E-state index in [-0.39, 0.29) is 11.9 Å². The number of carbonyl (C=O) groups excluding carboxylic acids is 2. The first kappa shape index (κ1) is 16.5. The van der Waals surface area contributed by atoms with E-state index in [4.69, 9.17) is 5.73 Å². The fourth-order valence-electron chi connectivity index (χ4n) is 2.68. The molecular formula is C16H24N4O2. The Morgan fingerprint density at radius 2 is 2.18 bits per heavy atom. The number of carbonyl (C=O) groups is 2. The molecule has 6 nitrogen and oxygen atoms in total. The highest BCUT2D eigenvalue weighted by atomic mass is 16.2. The monoisotopic (exact) mass is 304 g/mol. The maximum atomic E-state index is 12.2. The van der Waals surface area contributed by atoms with Gasteiger partial charge in [0.25, 0.3) is 0 Å². The molecule has 22 heavy (non-hydrogen) atoms. The van der Waals surface area contributed by atoms with Gasteiger partial charge in [-0.3, -0.25) is 9.59 Å². The van der Waals surface area contributed by atoms with E-state index in [9.17, 15) is 9.59 Å². The van der Waals surface area contributed by atoms with Crippen LogP contribution in [0.3, 0.4) is 0 Å². The minimum Gasteiger partial charge on any atom is -0.366 e. The summed E-state index contributed by atoms with van der Waals surface area (Å²) >= 11 is 0. The van der Waals surface area contributed by atoms with Gasteiger partial charge in [-0.1, -0.05) is 6.07 Å². The number of hydrogen-bond acceptors (Lipinski definition) is 4. The summed E-state index contributed by atoms with van der Waals surface area (Å²) in [5.41, 5.74) is 7.35. The van der Waals surface area contributed by atoms with E-state index in [2.05, 4.69) is 10.6 Å². The summed E-state index contributed by atoms with van der Waals surface area (Å²) in [6.45, 7) is 1.65. The Hall–Kier alpha value is -1.92. The predicted molar refractivity (Wildman–Crippen MR) is 86.6 cm³/mol. The van der Waals surface area contributed by atoms with Crippen molar-refractivity contribution in [1.29, 1.82) is 0 Å². The van der Waals surface area contributed by atoms with Crippen LogP contribution >= 0.6 is 0 Å². The molecule has 0 radical (unpaired) electrons. The van der Waals surface area contributed by atoms with Crippen LogP contribution in [0.5, 0.6) is 0 Å². The highest BCUT2D eigenvalue weighted by Crippen LogP contribution is 2.20. The first-order valence-corrected chi connectivity index (χ1v) is 7.56. The van der Waals surface area contributed by atoms with Crippen molar-refractivity contribution >= 4 is 17.5 Å². The zero-order valence-corrected chi connectivity index (χ0v) is 13.2. The maximum Gasteiger partial charge on any atom is 0.248 e. The molecule has 1 saturated heterocycles. The number of rotatable bonds is 6. The Morgan fingerprint density at radius 1 is 1.41 bits per heavy atom. The largest absolute Gasteiger partial charge is 0.366 e. The molecule has 1 fully saturated rings. The number of primary amides is 1. The number of amides is 2. The fraction of sp³-hybridized carbons (Fsp3) is 0.500. The van der Waals surface area contributed by atoms with Crippen molar-refractivity contribution in [3.63, 3.8) is 0 Å². The van der Waals surface area contributed by atoms with E-state index in [0.717, 1.165) is 24.9 Å². The van der Waals surface area contributed by atoms with Crippen molar-refractivity contribution in [3.05, 3.63) is 29.3 Å². The highest BCUT2D eigenvalue weighted by Gasteiger charge is 2.18. The molecule has 6 heteroatoms. The van der Waals surface area contributed by atoms with E-state index in [1.165, 1.54) is 0 Å². The van der Waals surface area contributed by atoms with Gasteiger partial charge >= 0.3 is 0 Å². The van der Waals surface area contributed by atoms with Crippen molar-refractivity contribution in [1.82, 2.24) is 10.2 Å². The van der Waals surface area contributed by atoms with E-state index >= 15 is 0 Å². The van der Waals surface area contributed by atoms with Gasteiger partial charge in [-0.05, 0) is 51.2 Å². The van der Waals surface area contributed by atoms with Gasteiger partial charge in [-0.15, -0.1) is 0 Å². The normalized spacial score (nSPS) is 17.7. The van der Waals surface area contributed by atoms with E-state index < -0.39 is 5.91 Å². The summed E-state index contributed by atoms with van der Waals surface area (Å²) in [7, 11) is 3.91. The Kier molecular flexibility index (Phi) is 5.51. The van der Waals surface area contributed by atoms with Gasteiger partial charge in [0.15, 0.2) is 0 Å². The lowest BCUT2D eigenvalue weighted by atomic mass is 10.1. The van der Waals surface area contributed by atoms with Crippen molar-refractivity contribution in [3.8, 4) is 0 Å². The van der Waals surface area contributed by atoms with Crippen LogP contribution < -0.4 is 16.4 Å². The molecule has 2 amide bonds. The number of nitrogens with one attached hydrogen (secondary N) is 2. The quantitative estimate of drug-likeness (QED) is 0.729. The van der Waals surface area contributed by atoms with Crippen molar-refractivity contribution in [2.75, 3.05) is 26.0 Å². The molecule has 1 aliphatic rings. The Morgan fingerprint density at radius 3 is 2.77 bits per heavy atom. The molecule has 1 heterocycles. The lowest BCUT2D eigenvalue weighted by Crippen LogP contribution is -2.28. The third-order valence-corrected chi connectivity index (χ3v) is 3.75. The maximum absolute atomic E-state index is 12.2. The number of nitrogens with zero attached hydrogens (tertiary/aromatic N) is 1. The summed E-state index contributed by atoms with van der Waals surface area (Å²) < 4.78 is 0. The number of anilines is 1. The van der Waals surface area contributed by atoms with Crippen LogP contribution in [0.25, 0.3) is 0 Å². The second-order valence-electron chi connectivity index (χ2n) is 6.02. The van der Waals surface area contributed by atoms with Crippen LogP contribution in [0.4, 0.5) is 5.69 Å². The van der Waals surface area contributed by atoms with Gasteiger partial charge in [-0.2, -0.15) is 0 Å². The first-order valence-electron chi connectivity index (χ1n) is 7.56. The molecule has 1 aromatic rings. The molecule has 0 spiro atoms. The molecule has 1 aromatic carbocycles. The van der Waals surface area contributed by atoms with Crippen LogP contribution in [0.15, 0.2) is 18.2 Å². The van der Waals surface area contributed by atoms with Gasteiger partial charge in [0.05, 0.1) is 0 Å². The van der Waals surface area contributed by atoms with Crippen molar-refractivity contribution in [2.45, 2.75) is 31.8 Å². The van der Waals surface area contributed by atoms with Crippen LogP contribution in [-0.2, 0) is 11.3 Å². The molecule has 2 rings (SSSR count). The zero-order chi connectivity index (χ0) is 16.1. The number of nitrogens with two attached hydrogens (primary N) is 1. The van der Waals surface area contributed by atoms with Gasteiger partial charge in [-0.25, -0.2) is 0 Å².